The summed E-state index contributed by atoms with van der Waals surface area (Å²) in [6, 6.07) is 6.11. The Morgan fingerprint density at radius 3 is 2.03 bits per heavy atom. The van der Waals surface area contributed by atoms with Gasteiger partial charge in [0.15, 0.2) is 5.82 Å². The molecule has 0 spiro atoms. The van der Waals surface area contributed by atoms with Crippen LogP contribution >= 0.6 is 11.5 Å². The second kappa shape index (κ2) is 8.71. The molecule has 7 nitrogen and oxygen atoms in total. The van der Waals surface area contributed by atoms with Gasteiger partial charge in [-0.2, -0.15) is 9.47 Å². The van der Waals surface area contributed by atoms with Crippen LogP contribution in [0.2, 0.25) is 0 Å². The van der Waals surface area contributed by atoms with E-state index < -0.39 is 0 Å². The van der Waals surface area contributed by atoms with Gasteiger partial charge < -0.3 is 4.90 Å². The average molecular weight is 464 g/mol. The lowest BCUT2D eigenvalue weighted by atomic mass is 9.91. The summed E-state index contributed by atoms with van der Waals surface area (Å²) in [5, 5.41) is 15.2. The average Bonchev–Trinajstić information content (AvgIpc) is 3.27. The molecule has 1 aromatic carbocycles. The molecule has 3 rings (SSSR count). The van der Waals surface area contributed by atoms with E-state index in [0.717, 1.165) is 33.2 Å². The van der Waals surface area contributed by atoms with Crippen molar-refractivity contribution in [1.29, 1.82) is 0 Å². The van der Waals surface area contributed by atoms with Gasteiger partial charge in [0.1, 0.15) is 10.7 Å². The molecule has 0 amide bonds. The zero-order valence-corrected chi connectivity index (χ0v) is 22.1. The van der Waals surface area contributed by atoms with Crippen LogP contribution in [0.25, 0.3) is 10.5 Å². The van der Waals surface area contributed by atoms with Crippen molar-refractivity contribution in [1.82, 2.24) is 14.2 Å². The number of hydrogen-bond acceptors (Lipinski definition) is 6. The lowest BCUT2D eigenvalue weighted by molar-refractivity contribution is 0.562. The van der Waals surface area contributed by atoms with Crippen molar-refractivity contribution in [3.8, 4) is 5.69 Å². The van der Waals surface area contributed by atoms with E-state index in [9.17, 15) is 0 Å². The third-order valence-corrected chi connectivity index (χ3v) is 6.33. The minimum Gasteiger partial charge on any atom is -0.366 e. The van der Waals surface area contributed by atoms with Crippen LogP contribution in [0, 0.1) is 20.4 Å². The summed E-state index contributed by atoms with van der Waals surface area (Å²) >= 11 is 1.41. The third-order valence-electron chi connectivity index (χ3n) is 5.32. The van der Waals surface area contributed by atoms with Gasteiger partial charge in [0.2, 0.25) is 0 Å². The molecule has 2 aromatic heterocycles. The SMILES string of the molecule is [C-]#[N+]c1c(C(C)(C)C)nn(-c2c(C)cccc2C)c1N=Nc1c(C(C)(C)C)nsc1N(C)C. The van der Waals surface area contributed by atoms with Gasteiger partial charge in [-0.05, 0) is 41.9 Å². The first kappa shape index (κ1) is 24.6. The van der Waals surface area contributed by atoms with E-state index in [4.69, 9.17) is 16.8 Å². The fourth-order valence-electron chi connectivity index (χ4n) is 3.64. The number of aryl methyl sites for hydroxylation is 2. The van der Waals surface area contributed by atoms with Gasteiger partial charge in [0, 0.05) is 19.5 Å². The van der Waals surface area contributed by atoms with Gasteiger partial charge in [-0.3, -0.25) is 0 Å². The Balaban J connectivity index is 2.33. The second-order valence-electron chi connectivity index (χ2n) is 10.6. The monoisotopic (exact) mass is 463 g/mol. The van der Waals surface area contributed by atoms with Crippen LogP contribution in [0.15, 0.2) is 28.4 Å². The quantitative estimate of drug-likeness (QED) is 0.296. The standard InChI is InChI=1S/C25H33N7S/c1-15-13-12-14-16(2)19(15)32-22(17(26-9)20(29-32)24(3,4)5)28-27-18-21(25(6,7)8)30-33-23(18)31(10)11/h12-14H,1-8,10-11H3. The normalized spacial score (nSPS) is 12.4. The van der Waals surface area contributed by atoms with Crippen molar-refractivity contribution in [3.63, 3.8) is 0 Å². The molecule has 0 radical (unpaired) electrons. The molecule has 0 saturated heterocycles. The zero-order chi connectivity index (χ0) is 24.7. The van der Waals surface area contributed by atoms with Gasteiger partial charge in [-0.15, -0.1) is 10.2 Å². The number of hydrogen-bond donors (Lipinski definition) is 0. The molecule has 0 atom stereocenters. The van der Waals surface area contributed by atoms with Crippen molar-refractivity contribution in [2.24, 2.45) is 10.2 Å². The Morgan fingerprint density at radius 1 is 0.970 bits per heavy atom. The van der Waals surface area contributed by atoms with Gasteiger partial charge in [-0.25, -0.2) is 9.53 Å². The molecular formula is C25H33N7S. The van der Waals surface area contributed by atoms with E-state index in [1.807, 2.05) is 51.0 Å². The topological polar surface area (TPSA) is 63.0 Å². The van der Waals surface area contributed by atoms with Gasteiger partial charge in [0.05, 0.1) is 23.6 Å². The van der Waals surface area contributed by atoms with E-state index in [0.29, 0.717) is 17.2 Å². The minimum atomic E-state index is -0.318. The molecule has 0 bridgehead atoms. The van der Waals surface area contributed by atoms with E-state index in [1.165, 1.54) is 11.5 Å². The van der Waals surface area contributed by atoms with Crippen molar-refractivity contribution in [2.45, 2.75) is 66.2 Å². The Hall–Kier alpha value is -3.05. The van der Waals surface area contributed by atoms with Gasteiger partial charge in [0.25, 0.3) is 5.69 Å². The molecule has 174 valence electrons. The number of azo groups is 1. The van der Waals surface area contributed by atoms with E-state index in [-0.39, 0.29) is 10.8 Å². The highest BCUT2D eigenvalue weighted by Gasteiger charge is 2.30. The maximum atomic E-state index is 7.95. The fraction of sp³-hybridized carbons (Fsp3) is 0.480. The highest BCUT2D eigenvalue weighted by Crippen LogP contribution is 2.45. The molecule has 0 N–H and O–H groups in total. The molecule has 0 saturated carbocycles. The highest BCUT2D eigenvalue weighted by atomic mass is 32.1. The first-order valence-electron chi connectivity index (χ1n) is 10.9. The molecule has 8 heteroatoms. The molecule has 0 unspecified atom stereocenters. The summed E-state index contributed by atoms with van der Waals surface area (Å²) in [4.78, 5) is 5.86. The summed E-state index contributed by atoms with van der Waals surface area (Å²) in [6.45, 7) is 24.6. The number of para-hydroxylation sites is 1. The highest BCUT2D eigenvalue weighted by molar-refractivity contribution is 7.11. The Morgan fingerprint density at radius 2 is 1.55 bits per heavy atom. The number of aromatic nitrogens is 3. The summed E-state index contributed by atoms with van der Waals surface area (Å²) in [6.07, 6.45) is 0. The Bertz CT molecular complexity index is 1220. The van der Waals surface area contributed by atoms with Crippen LogP contribution in [0.1, 0.15) is 64.1 Å². The van der Waals surface area contributed by atoms with E-state index in [2.05, 4.69) is 55.9 Å². The smallest absolute Gasteiger partial charge is 0.255 e. The molecule has 0 fully saturated rings. The summed E-state index contributed by atoms with van der Waals surface area (Å²) in [7, 11) is 3.95. The largest absolute Gasteiger partial charge is 0.366 e. The maximum absolute atomic E-state index is 7.95. The fourth-order valence-corrected chi connectivity index (χ4v) is 4.57. The van der Waals surface area contributed by atoms with Crippen molar-refractivity contribution < 1.29 is 0 Å². The summed E-state index contributed by atoms with van der Waals surface area (Å²) in [5.74, 6) is 0.447. The van der Waals surface area contributed by atoms with Crippen LogP contribution in [0.4, 0.5) is 22.2 Å². The van der Waals surface area contributed by atoms with Crippen LogP contribution in [-0.4, -0.2) is 28.2 Å². The predicted octanol–water partition coefficient (Wildman–Crippen LogP) is 7.57. The van der Waals surface area contributed by atoms with Gasteiger partial charge in [-0.1, -0.05) is 59.7 Å². The van der Waals surface area contributed by atoms with Crippen molar-refractivity contribution >= 4 is 33.7 Å². The molecule has 0 aliphatic heterocycles. The van der Waals surface area contributed by atoms with Crippen LogP contribution in [0.3, 0.4) is 0 Å². The molecule has 3 aromatic rings. The van der Waals surface area contributed by atoms with Crippen LogP contribution < -0.4 is 4.90 Å². The third kappa shape index (κ3) is 4.69. The van der Waals surface area contributed by atoms with Crippen LogP contribution in [0.5, 0.6) is 0 Å². The second-order valence-corrected chi connectivity index (χ2v) is 11.3. The van der Waals surface area contributed by atoms with Gasteiger partial charge >= 0.3 is 0 Å². The van der Waals surface area contributed by atoms with E-state index >= 15 is 0 Å². The minimum absolute atomic E-state index is 0.189. The Labute approximate surface area is 201 Å². The lowest BCUT2D eigenvalue weighted by Gasteiger charge is -2.17. The first-order valence-corrected chi connectivity index (χ1v) is 11.7. The van der Waals surface area contributed by atoms with E-state index in [1.54, 1.807) is 4.68 Å². The summed E-state index contributed by atoms with van der Waals surface area (Å²) in [5.41, 5.74) is 5.31. The molecular weight excluding hydrogens is 430 g/mol. The number of benzene rings is 1. The predicted molar refractivity (Wildman–Crippen MR) is 137 cm³/mol. The molecule has 0 aliphatic rings. The molecule has 0 aliphatic carbocycles. The van der Waals surface area contributed by atoms with Crippen LogP contribution in [-0.2, 0) is 10.8 Å². The number of anilines is 1. The lowest BCUT2D eigenvalue weighted by Crippen LogP contribution is -2.13. The molecule has 33 heavy (non-hydrogen) atoms. The zero-order valence-electron chi connectivity index (χ0n) is 21.3. The Kier molecular flexibility index (Phi) is 6.49. The first-order chi connectivity index (χ1) is 15.3. The number of rotatable bonds is 4. The maximum Gasteiger partial charge on any atom is 0.255 e. The summed E-state index contributed by atoms with van der Waals surface area (Å²) < 4.78 is 6.47. The molecule has 2 heterocycles. The number of nitrogens with zero attached hydrogens (tertiary/aromatic N) is 7. The van der Waals surface area contributed by atoms with Crippen molar-refractivity contribution in [2.75, 3.05) is 19.0 Å². The van der Waals surface area contributed by atoms with Crippen molar-refractivity contribution in [3.05, 3.63) is 52.1 Å².